The van der Waals surface area contributed by atoms with Crippen molar-refractivity contribution in [3.05, 3.63) is 146 Å². The normalized spacial score (nSPS) is 11.6. The van der Waals surface area contributed by atoms with Gasteiger partial charge in [-0.1, -0.05) is 115 Å². The van der Waals surface area contributed by atoms with Gasteiger partial charge in [0.05, 0.1) is 0 Å². The van der Waals surface area contributed by atoms with Crippen molar-refractivity contribution < 1.29 is 4.42 Å². The fourth-order valence-corrected chi connectivity index (χ4v) is 6.32. The number of fused-ring (bicyclic) bond motifs is 6. The molecule has 5 nitrogen and oxygen atoms in total. The van der Waals surface area contributed by atoms with Crippen molar-refractivity contribution >= 4 is 43.6 Å². The molecule has 3 heterocycles. The van der Waals surface area contributed by atoms with Crippen LogP contribution in [0.25, 0.3) is 88.9 Å². The Labute approximate surface area is 258 Å². The van der Waals surface area contributed by atoms with E-state index < -0.39 is 0 Å². The second kappa shape index (κ2) is 10.2. The van der Waals surface area contributed by atoms with Crippen LogP contribution in [0.1, 0.15) is 0 Å². The van der Waals surface area contributed by atoms with E-state index in [0.29, 0.717) is 23.2 Å². The van der Waals surface area contributed by atoms with Gasteiger partial charge in [-0.25, -0.2) is 19.9 Å². The first kappa shape index (κ1) is 25.3. The van der Waals surface area contributed by atoms with Crippen LogP contribution in [-0.4, -0.2) is 19.9 Å². The van der Waals surface area contributed by atoms with E-state index in [9.17, 15) is 0 Å². The van der Waals surface area contributed by atoms with E-state index in [1.807, 2.05) is 66.7 Å². The van der Waals surface area contributed by atoms with Crippen LogP contribution in [0.5, 0.6) is 0 Å². The highest BCUT2D eigenvalue weighted by Gasteiger charge is 2.18. The molecule has 0 fully saturated rings. The van der Waals surface area contributed by atoms with Crippen LogP contribution in [0.3, 0.4) is 0 Å². The second-order valence-electron chi connectivity index (χ2n) is 11.0. The van der Waals surface area contributed by atoms with Crippen LogP contribution in [0.15, 0.2) is 150 Å². The van der Waals surface area contributed by atoms with Crippen LogP contribution in [-0.2, 0) is 0 Å². The highest BCUT2D eigenvalue weighted by atomic mass is 16.3. The van der Waals surface area contributed by atoms with Gasteiger partial charge in [0.1, 0.15) is 5.58 Å². The predicted molar refractivity (Wildman–Crippen MR) is 182 cm³/mol. The van der Waals surface area contributed by atoms with Crippen LogP contribution in [0, 0.1) is 0 Å². The van der Waals surface area contributed by atoms with Gasteiger partial charge < -0.3 is 4.42 Å². The van der Waals surface area contributed by atoms with E-state index in [1.54, 1.807) is 6.20 Å². The van der Waals surface area contributed by atoms with Gasteiger partial charge in [0.15, 0.2) is 17.5 Å². The summed E-state index contributed by atoms with van der Waals surface area (Å²) in [5.41, 5.74) is 6.63. The summed E-state index contributed by atoms with van der Waals surface area (Å²) in [4.78, 5) is 19.4. The van der Waals surface area contributed by atoms with Gasteiger partial charge >= 0.3 is 0 Å². The molecule has 0 saturated carbocycles. The third-order valence-electron chi connectivity index (χ3n) is 8.43. The highest BCUT2D eigenvalue weighted by molar-refractivity contribution is 6.18. The smallest absolute Gasteiger partial charge is 0.227 e. The molecule has 0 amide bonds. The molecular weight excluding hydrogens is 552 g/mol. The zero-order valence-electron chi connectivity index (χ0n) is 24.1. The number of benzene rings is 6. The number of nitrogens with zero attached hydrogens (tertiary/aromatic N) is 4. The van der Waals surface area contributed by atoms with Gasteiger partial charge in [0, 0.05) is 39.0 Å². The number of rotatable bonds is 4. The highest BCUT2D eigenvalue weighted by Crippen LogP contribution is 2.41. The van der Waals surface area contributed by atoms with Crippen LogP contribution < -0.4 is 0 Å². The molecule has 0 unspecified atom stereocenters. The average Bonchev–Trinajstić information content (AvgIpc) is 3.51. The zero-order chi connectivity index (χ0) is 29.7. The fourth-order valence-electron chi connectivity index (χ4n) is 6.32. The monoisotopic (exact) mass is 576 g/mol. The van der Waals surface area contributed by atoms with Crippen molar-refractivity contribution in [1.29, 1.82) is 0 Å². The van der Waals surface area contributed by atoms with Gasteiger partial charge in [0.2, 0.25) is 5.71 Å². The third kappa shape index (κ3) is 4.17. The number of hydrogen-bond donors (Lipinski definition) is 0. The van der Waals surface area contributed by atoms with E-state index in [1.165, 1.54) is 0 Å². The fraction of sp³-hybridized carbons (Fsp3) is 0. The third-order valence-corrected chi connectivity index (χ3v) is 8.43. The maximum absolute atomic E-state index is 6.28. The summed E-state index contributed by atoms with van der Waals surface area (Å²) in [6.45, 7) is 0. The van der Waals surface area contributed by atoms with Gasteiger partial charge in [0.25, 0.3) is 0 Å². The lowest BCUT2D eigenvalue weighted by atomic mass is 9.91. The Kier molecular flexibility index (Phi) is 5.74. The van der Waals surface area contributed by atoms with Crippen LogP contribution in [0.2, 0.25) is 0 Å². The lowest BCUT2D eigenvalue weighted by molar-refractivity contribution is 0.657. The molecule has 6 aromatic carbocycles. The molecule has 0 aliphatic rings. The quantitative estimate of drug-likeness (QED) is 0.209. The van der Waals surface area contributed by atoms with E-state index in [0.717, 1.165) is 65.7 Å². The van der Waals surface area contributed by atoms with E-state index >= 15 is 0 Å². The minimum absolute atomic E-state index is 0.639. The molecule has 5 heteroatoms. The largest absolute Gasteiger partial charge is 0.437 e. The molecule has 0 saturated heterocycles. The molecular formula is C40H24N4O. The van der Waals surface area contributed by atoms with Gasteiger partial charge in [-0.3, -0.25) is 0 Å². The second-order valence-corrected chi connectivity index (χ2v) is 11.0. The summed E-state index contributed by atoms with van der Waals surface area (Å²) >= 11 is 0. The molecule has 0 N–H and O–H groups in total. The van der Waals surface area contributed by atoms with E-state index in [4.69, 9.17) is 19.4 Å². The predicted octanol–water partition coefficient (Wildman–Crippen LogP) is 10.1. The summed E-state index contributed by atoms with van der Waals surface area (Å²) < 4.78 is 6.28. The Balaban J connectivity index is 1.26. The first-order chi connectivity index (χ1) is 22.3. The maximum atomic E-state index is 6.28. The number of furan rings is 1. The molecule has 210 valence electrons. The molecule has 9 rings (SSSR count). The van der Waals surface area contributed by atoms with Crippen LogP contribution in [0.4, 0.5) is 0 Å². The number of pyridine rings is 1. The molecule has 0 bridgehead atoms. The summed E-state index contributed by atoms with van der Waals surface area (Å²) in [6, 6.07) is 47.7. The molecule has 9 aromatic rings. The van der Waals surface area contributed by atoms with Gasteiger partial charge in [-0.15, -0.1) is 0 Å². The van der Waals surface area contributed by atoms with Crippen molar-refractivity contribution in [1.82, 2.24) is 19.9 Å². The molecule has 0 atom stereocenters. The number of hydrogen-bond acceptors (Lipinski definition) is 5. The van der Waals surface area contributed by atoms with Crippen LogP contribution >= 0.6 is 0 Å². The first-order valence-corrected chi connectivity index (χ1v) is 14.9. The Morgan fingerprint density at radius 2 is 0.867 bits per heavy atom. The lowest BCUT2D eigenvalue weighted by Gasteiger charge is -2.14. The average molecular weight is 577 g/mol. The summed E-state index contributed by atoms with van der Waals surface area (Å²) in [5, 5.41) is 6.48. The molecule has 45 heavy (non-hydrogen) atoms. The lowest BCUT2D eigenvalue weighted by Crippen LogP contribution is -2.00. The Morgan fingerprint density at radius 3 is 1.60 bits per heavy atom. The Morgan fingerprint density at radius 1 is 0.356 bits per heavy atom. The van der Waals surface area contributed by atoms with Crippen molar-refractivity contribution in [2.24, 2.45) is 0 Å². The standard InChI is InChI=1S/C40H24N4O/c1-3-11-25(12-4-1)37-42-38(26-13-5-2-6-14-26)44-39(43-37)34-23-21-30(27-15-7-8-16-29(27)34)28-17-9-18-32-31(28)20-22-33-35-19-10-24-41-40(35)45-36(32)33/h1-24H. The number of aromatic nitrogens is 4. The molecule has 3 aromatic heterocycles. The van der Waals surface area contributed by atoms with E-state index in [2.05, 4.69) is 77.8 Å². The Bertz CT molecular complexity index is 2480. The minimum atomic E-state index is 0.639. The first-order valence-electron chi connectivity index (χ1n) is 14.9. The zero-order valence-corrected chi connectivity index (χ0v) is 24.1. The molecule has 0 aliphatic heterocycles. The molecule has 0 aliphatic carbocycles. The van der Waals surface area contributed by atoms with Crippen molar-refractivity contribution in [2.45, 2.75) is 0 Å². The summed E-state index contributed by atoms with van der Waals surface area (Å²) in [6.07, 6.45) is 1.77. The summed E-state index contributed by atoms with van der Waals surface area (Å²) in [5.74, 6) is 1.93. The molecule has 0 radical (unpaired) electrons. The van der Waals surface area contributed by atoms with Crippen molar-refractivity contribution in [3.63, 3.8) is 0 Å². The molecule has 0 spiro atoms. The van der Waals surface area contributed by atoms with Gasteiger partial charge in [-0.05, 0) is 51.6 Å². The van der Waals surface area contributed by atoms with Crippen molar-refractivity contribution in [2.75, 3.05) is 0 Å². The SMILES string of the molecule is c1ccc(-c2nc(-c3ccccc3)nc(-c3ccc(-c4cccc5c4ccc4c6cccnc6oc54)c4ccccc34)n2)cc1. The van der Waals surface area contributed by atoms with E-state index in [-0.39, 0.29) is 0 Å². The topological polar surface area (TPSA) is 64.7 Å². The minimum Gasteiger partial charge on any atom is -0.437 e. The Hall–Kier alpha value is -6.20. The summed E-state index contributed by atoms with van der Waals surface area (Å²) in [7, 11) is 0. The van der Waals surface area contributed by atoms with Gasteiger partial charge in [-0.2, -0.15) is 0 Å². The maximum Gasteiger partial charge on any atom is 0.227 e. The van der Waals surface area contributed by atoms with Crippen molar-refractivity contribution in [3.8, 4) is 45.3 Å².